The summed E-state index contributed by atoms with van der Waals surface area (Å²) < 4.78 is 33.3. The molecule has 0 amide bonds. The second-order valence-corrected chi connectivity index (χ2v) is 7.64. The van der Waals surface area contributed by atoms with Gasteiger partial charge in [0.1, 0.15) is 5.82 Å². The van der Waals surface area contributed by atoms with Crippen molar-refractivity contribution in [2.75, 3.05) is 6.61 Å². The molecule has 3 aromatic rings. The van der Waals surface area contributed by atoms with Gasteiger partial charge in [0.2, 0.25) is 0 Å². The maximum Gasteiger partial charge on any atom is 0.359 e. The van der Waals surface area contributed by atoms with Crippen molar-refractivity contribution >= 4 is 16.8 Å². The Labute approximate surface area is 158 Å². The molecular weight excluding hydrogens is 367 g/mol. The predicted molar refractivity (Wildman–Crippen MR) is 99.8 cm³/mol. The normalized spacial score (nSPS) is 15.1. The molecule has 0 spiro atoms. The SMILES string of the molecule is CCOC(=O)c1nn(-c2cc(F)ccc2C)c2c1CS(=O)c1ccccc1-2. The van der Waals surface area contributed by atoms with E-state index in [-0.39, 0.29) is 18.1 Å². The van der Waals surface area contributed by atoms with E-state index in [2.05, 4.69) is 5.10 Å². The number of carbonyl (C=O) groups excluding carboxylic acids is 1. The van der Waals surface area contributed by atoms with Crippen LogP contribution in [0.2, 0.25) is 0 Å². The number of hydrogen-bond acceptors (Lipinski definition) is 4. The standard InChI is InChI=1S/C20H17FN2O3S/c1-3-26-20(24)18-15-11-27(25)17-7-5-4-6-14(17)19(15)23(22-18)16-10-13(21)9-8-12(16)2/h4-10H,3,11H2,1-2H3. The van der Waals surface area contributed by atoms with Gasteiger partial charge in [-0.15, -0.1) is 0 Å². The van der Waals surface area contributed by atoms with E-state index >= 15 is 0 Å². The molecule has 27 heavy (non-hydrogen) atoms. The Morgan fingerprint density at radius 2 is 2.07 bits per heavy atom. The molecule has 138 valence electrons. The van der Waals surface area contributed by atoms with Crippen molar-refractivity contribution in [2.45, 2.75) is 24.5 Å². The first kappa shape index (κ1) is 17.6. The minimum Gasteiger partial charge on any atom is -0.461 e. The van der Waals surface area contributed by atoms with Gasteiger partial charge < -0.3 is 4.74 Å². The van der Waals surface area contributed by atoms with E-state index < -0.39 is 22.6 Å². The lowest BCUT2D eigenvalue weighted by Gasteiger charge is -2.19. The van der Waals surface area contributed by atoms with Crippen LogP contribution in [0.1, 0.15) is 28.5 Å². The molecule has 1 aliphatic heterocycles. The van der Waals surface area contributed by atoms with E-state index in [1.807, 2.05) is 25.1 Å². The van der Waals surface area contributed by atoms with Crippen LogP contribution in [0.3, 0.4) is 0 Å². The molecular formula is C20H17FN2O3S. The summed E-state index contributed by atoms with van der Waals surface area (Å²) in [5, 5.41) is 4.46. The van der Waals surface area contributed by atoms with Crippen molar-refractivity contribution in [2.24, 2.45) is 0 Å². The first-order valence-electron chi connectivity index (χ1n) is 8.54. The van der Waals surface area contributed by atoms with E-state index in [1.165, 1.54) is 12.1 Å². The van der Waals surface area contributed by atoms with Crippen LogP contribution < -0.4 is 0 Å². The number of nitrogens with zero attached hydrogens (tertiary/aromatic N) is 2. The van der Waals surface area contributed by atoms with Crippen molar-refractivity contribution in [1.82, 2.24) is 9.78 Å². The molecule has 4 rings (SSSR count). The Kier molecular flexibility index (Phi) is 4.39. The fourth-order valence-corrected chi connectivity index (χ4v) is 4.61. The zero-order valence-electron chi connectivity index (χ0n) is 14.9. The molecule has 0 saturated carbocycles. The highest BCUT2D eigenvalue weighted by atomic mass is 32.2. The fraction of sp³-hybridized carbons (Fsp3) is 0.200. The van der Waals surface area contributed by atoms with Gasteiger partial charge in [-0.25, -0.2) is 13.9 Å². The number of aryl methyl sites for hydroxylation is 1. The maximum absolute atomic E-state index is 13.9. The Hall–Kier alpha value is -2.80. The lowest BCUT2D eigenvalue weighted by Crippen LogP contribution is -2.12. The van der Waals surface area contributed by atoms with Crippen molar-refractivity contribution in [3.05, 3.63) is 65.1 Å². The third-order valence-corrected chi connectivity index (χ3v) is 5.91. The zero-order chi connectivity index (χ0) is 19.1. The molecule has 1 aliphatic rings. The topological polar surface area (TPSA) is 61.2 Å². The number of benzene rings is 2. The van der Waals surface area contributed by atoms with Crippen LogP contribution in [0.25, 0.3) is 16.9 Å². The summed E-state index contributed by atoms with van der Waals surface area (Å²) in [5.41, 5.74) is 3.41. The Morgan fingerprint density at radius 3 is 2.85 bits per heavy atom. The molecule has 1 aromatic heterocycles. The summed E-state index contributed by atoms with van der Waals surface area (Å²) in [5.74, 6) is -0.808. The number of carbonyl (C=O) groups is 1. The summed E-state index contributed by atoms with van der Waals surface area (Å²) in [4.78, 5) is 13.1. The monoisotopic (exact) mass is 384 g/mol. The van der Waals surface area contributed by atoms with Crippen molar-refractivity contribution in [3.63, 3.8) is 0 Å². The number of aromatic nitrogens is 2. The number of fused-ring (bicyclic) bond motifs is 3. The molecule has 0 N–H and O–H groups in total. The smallest absolute Gasteiger partial charge is 0.359 e. The predicted octanol–water partition coefficient (Wildman–Crippen LogP) is 3.78. The largest absolute Gasteiger partial charge is 0.461 e. The number of halogens is 1. The minimum atomic E-state index is -1.30. The number of hydrogen-bond donors (Lipinski definition) is 0. The minimum absolute atomic E-state index is 0.123. The quantitative estimate of drug-likeness (QED) is 0.645. The van der Waals surface area contributed by atoms with Crippen LogP contribution in [0, 0.1) is 12.7 Å². The molecule has 7 heteroatoms. The van der Waals surface area contributed by atoms with E-state index in [1.54, 1.807) is 23.7 Å². The van der Waals surface area contributed by atoms with Crippen LogP contribution >= 0.6 is 0 Å². The highest BCUT2D eigenvalue weighted by Crippen LogP contribution is 2.39. The zero-order valence-corrected chi connectivity index (χ0v) is 15.7. The molecule has 0 fully saturated rings. The Bertz CT molecular complexity index is 1090. The summed E-state index contributed by atoms with van der Waals surface area (Å²) in [7, 11) is -1.30. The number of ether oxygens (including phenoxy) is 1. The first-order valence-corrected chi connectivity index (χ1v) is 9.86. The van der Waals surface area contributed by atoms with Gasteiger partial charge in [-0.3, -0.25) is 4.21 Å². The third kappa shape index (κ3) is 2.88. The van der Waals surface area contributed by atoms with Gasteiger partial charge in [0.25, 0.3) is 0 Å². The summed E-state index contributed by atoms with van der Waals surface area (Å²) >= 11 is 0. The van der Waals surface area contributed by atoms with Gasteiger partial charge in [0.05, 0.1) is 34.5 Å². The van der Waals surface area contributed by atoms with E-state index in [0.29, 0.717) is 21.8 Å². The van der Waals surface area contributed by atoms with E-state index in [4.69, 9.17) is 4.74 Å². The van der Waals surface area contributed by atoms with Gasteiger partial charge >= 0.3 is 5.97 Å². The molecule has 0 radical (unpaired) electrons. The summed E-state index contributed by atoms with van der Waals surface area (Å²) in [6, 6.07) is 11.7. The van der Waals surface area contributed by atoms with E-state index in [0.717, 1.165) is 11.1 Å². The van der Waals surface area contributed by atoms with Crippen molar-refractivity contribution < 1.29 is 18.1 Å². The molecule has 1 unspecified atom stereocenters. The average molecular weight is 384 g/mol. The maximum atomic E-state index is 13.9. The highest BCUT2D eigenvalue weighted by Gasteiger charge is 2.32. The Balaban J connectivity index is 2.04. The van der Waals surface area contributed by atoms with Crippen molar-refractivity contribution in [3.8, 4) is 16.9 Å². The molecule has 5 nitrogen and oxygen atoms in total. The van der Waals surface area contributed by atoms with Gasteiger partial charge in [0, 0.05) is 16.0 Å². The number of rotatable bonds is 3. The molecule has 0 bridgehead atoms. The lowest BCUT2D eigenvalue weighted by molar-refractivity contribution is 0.0518. The van der Waals surface area contributed by atoms with Crippen molar-refractivity contribution in [1.29, 1.82) is 0 Å². The molecule has 0 saturated heterocycles. The van der Waals surface area contributed by atoms with Crippen LogP contribution in [0.4, 0.5) is 4.39 Å². The average Bonchev–Trinajstić information content (AvgIpc) is 3.03. The van der Waals surface area contributed by atoms with Crippen LogP contribution in [0.5, 0.6) is 0 Å². The number of esters is 1. The highest BCUT2D eigenvalue weighted by molar-refractivity contribution is 7.84. The van der Waals surface area contributed by atoms with Gasteiger partial charge in [0.15, 0.2) is 5.69 Å². The third-order valence-electron chi connectivity index (χ3n) is 4.51. The second-order valence-electron chi connectivity index (χ2n) is 6.22. The lowest BCUT2D eigenvalue weighted by atomic mass is 10.1. The van der Waals surface area contributed by atoms with Crippen LogP contribution in [-0.4, -0.2) is 26.6 Å². The van der Waals surface area contributed by atoms with E-state index in [9.17, 15) is 13.4 Å². The Morgan fingerprint density at radius 1 is 1.30 bits per heavy atom. The van der Waals surface area contributed by atoms with Crippen LogP contribution in [-0.2, 0) is 21.3 Å². The van der Waals surface area contributed by atoms with Gasteiger partial charge in [-0.05, 0) is 37.6 Å². The summed E-state index contributed by atoms with van der Waals surface area (Å²) in [6.45, 7) is 3.77. The molecule has 1 atom stereocenters. The molecule has 2 aromatic carbocycles. The second kappa shape index (κ2) is 6.74. The fourth-order valence-electron chi connectivity index (χ4n) is 3.28. The molecule has 0 aliphatic carbocycles. The van der Waals surface area contributed by atoms with Gasteiger partial charge in [-0.2, -0.15) is 5.10 Å². The summed E-state index contributed by atoms with van der Waals surface area (Å²) in [6.07, 6.45) is 0. The van der Waals surface area contributed by atoms with Gasteiger partial charge in [-0.1, -0.05) is 24.3 Å². The van der Waals surface area contributed by atoms with Crippen LogP contribution in [0.15, 0.2) is 47.4 Å². The molecule has 2 heterocycles. The first-order chi connectivity index (χ1) is 13.0.